The lowest BCUT2D eigenvalue weighted by atomic mass is 9.99. The average Bonchev–Trinajstić information content (AvgIpc) is 3.37. The fraction of sp³-hybridized carbons (Fsp3) is 0.500. The summed E-state index contributed by atoms with van der Waals surface area (Å²) in [4.78, 5) is 47.0. The van der Waals surface area contributed by atoms with E-state index in [4.69, 9.17) is 14.2 Å². The number of ether oxygens (including phenoxy) is 3. The van der Waals surface area contributed by atoms with Crippen molar-refractivity contribution in [1.29, 1.82) is 0 Å². The van der Waals surface area contributed by atoms with Crippen molar-refractivity contribution in [3.63, 3.8) is 0 Å². The first kappa shape index (κ1) is 22.1. The highest BCUT2D eigenvalue weighted by molar-refractivity contribution is 5.81. The maximum absolute atomic E-state index is 12.2. The summed E-state index contributed by atoms with van der Waals surface area (Å²) >= 11 is 0. The molecule has 13 heteroatoms. The highest BCUT2D eigenvalue weighted by Gasteiger charge is 2.40. The van der Waals surface area contributed by atoms with Gasteiger partial charge in [0.1, 0.15) is 12.6 Å². The number of carbonyl (C=O) groups excluding carboxylic acids is 1. The lowest BCUT2D eigenvalue weighted by Gasteiger charge is -2.28. The quantitative estimate of drug-likeness (QED) is 0.390. The predicted molar refractivity (Wildman–Crippen MR) is 101 cm³/mol. The van der Waals surface area contributed by atoms with Gasteiger partial charge in [-0.3, -0.25) is 25.1 Å². The summed E-state index contributed by atoms with van der Waals surface area (Å²) < 4.78 is 15.4. The van der Waals surface area contributed by atoms with Crippen molar-refractivity contribution in [2.45, 2.75) is 37.9 Å². The topological polar surface area (TPSA) is 178 Å². The van der Waals surface area contributed by atoms with Gasteiger partial charge < -0.3 is 24.4 Å². The van der Waals surface area contributed by atoms with E-state index in [0.29, 0.717) is 12.2 Å². The fourth-order valence-corrected chi connectivity index (χ4v) is 3.59. The molecule has 1 amide bonds. The molecule has 31 heavy (non-hydrogen) atoms. The van der Waals surface area contributed by atoms with Crippen LogP contribution in [0.2, 0.25) is 0 Å². The van der Waals surface area contributed by atoms with Crippen LogP contribution in [0.25, 0.3) is 0 Å². The summed E-state index contributed by atoms with van der Waals surface area (Å²) in [5, 5.41) is 32.2. The molecule has 13 nitrogen and oxygen atoms in total. The second-order valence-corrected chi connectivity index (χ2v) is 7.14. The standard InChI is InChI=1S/C18H21N3O10/c1-9(10-5-13-14(31-8-30-13)6-12(10)21(27)28)7-29-18(26)19-15(17(24)25)20-4-2-3-11(20)16(22)23/h5-6,9,11,15H,2-4,7-8H2,1H3,(H,19,26)(H,22,23)(H,24,25)/t9?,11-,15?/m0/s1. The number of nitro groups is 1. The van der Waals surface area contributed by atoms with E-state index in [-0.39, 0.29) is 43.4 Å². The molecule has 2 unspecified atom stereocenters. The molecule has 3 N–H and O–H groups in total. The normalized spacial score (nSPS) is 19.5. The number of nitrogens with one attached hydrogen (secondary N) is 1. The van der Waals surface area contributed by atoms with Crippen LogP contribution in [0.1, 0.15) is 31.2 Å². The highest BCUT2D eigenvalue weighted by atomic mass is 16.7. The minimum atomic E-state index is -1.58. The number of carboxylic acids is 2. The summed E-state index contributed by atoms with van der Waals surface area (Å²) in [6, 6.07) is 1.64. The first-order chi connectivity index (χ1) is 14.7. The Morgan fingerprint density at radius 3 is 2.61 bits per heavy atom. The Morgan fingerprint density at radius 2 is 2.00 bits per heavy atom. The molecule has 3 rings (SSSR count). The molecule has 1 saturated heterocycles. The van der Waals surface area contributed by atoms with Crippen LogP contribution in [0.4, 0.5) is 10.5 Å². The van der Waals surface area contributed by atoms with Crippen LogP contribution in [0.3, 0.4) is 0 Å². The lowest BCUT2D eigenvalue weighted by Crippen LogP contribution is -2.56. The average molecular weight is 439 g/mol. The Hall–Kier alpha value is -3.61. The number of benzene rings is 1. The van der Waals surface area contributed by atoms with Crippen molar-refractivity contribution in [1.82, 2.24) is 10.2 Å². The number of amides is 1. The summed E-state index contributed by atoms with van der Waals surface area (Å²) in [6.07, 6.45) is -1.92. The number of aliphatic carboxylic acids is 2. The molecule has 1 aromatic carbocycles. The minimum absolute atomic E-state index is 0.0619. The Morgan fingerprint density at radius 1 is 1.32 bits per heavy atom. The van der Waals surface area contributed by atoms with Gasteiger partial charge in [0.15, 0.2) is 17.7 Å². The van der Waals surface area contributed by atoms with E-state index in [1.165, 1.54) is 12.1 Å². The molecule has 2 heterocycles. The van der Waals surface area contributed by atoms with Crippen molar-refractivity contribution in [3.8, 4) is 11.5 Å². The first-order valence-corrected chi connectivity index (χ1v) is 9.41. The van der Waals surface area contributed by atoms with E-state index < -0.39 is 41.1 Å². The van der Waals surface area contributed by atoms with E-state index in [2.05, 4.69) is 5.32 Å². The number of likely N-dealkylation sites (tertiary alicyclic amines) is 1. The van der Waals surface area contributed by atoms with E-state index >= 15 is 0 Å². The van der Waals surface area contributed by atoms with Gasteiger partial charge in [-0.2, -0.15) is 0 Å². The molecule has 0 radical (unpaired) electrons. The van der Waals surface area contributed by atoms with Crippen LogP contribution in [0.15, 0.2) is 12.1 Å². The van der Waals surface area contributed by atoms with Crippen molar-refractivity contribution in [2.24, 2.45) is 0 Å². The van der Waals surface area contributed by atoms with Gasteiger partial charge in [-0.15, -0.1) is 0 Å². The van der Waals surface area contributed by atoms with Crippen LogP contribution < -0.4 is 14.8 Å². The maximum atomic E-state index is 12.2. The number of hydrogen-bond donors (Lipinski definition) is 3. The molecule has 3 atom stereocenters. The van der Waals surface area contributed by atoms with Gasteiger partial charge in [-0.1, -0.05) is 6.92 Å². The minimum Gasteiger partial charge on any atom is -0.480 e. The van der Waals surface area contributed by atoms with Crippen LogP contribution in [-0.4, -0.2) is 70.2 Å². The second-order valence-electron chi connectivity index (χ2n) is 7.14. The number of nitrogens with zero attached hydrogens (tertiary/aromatic N) is 2. The van der Waals surface area contributed by atoms with E-state index in [9.17, 15) is 34.7 Å². The van der Waals surface area contributed by atoms with E-state index in [1.54, 1.807) is 6.92 Å². The number of nitro benzene ring substituents is 1. The van der Waals surface area contributed by atoms with Gasteiger partial charge in [-0.25, -0.2) is 9.59 Å². The van der Waals surface area contributed by atoms with Crippen molar-refractivity contribution < 1.29 is 43.7 Å². The van der Waals surface area contributed by atoms with Gasteiger partial charge in [-0.05, 0) is 18.9 Å². The van der Waals surface area contributed by atoms with Gasteiger partial charge >= 0.3 is 18.0 Å². The molecule has 1 fully saturated rings. The summed E-state index contributed by atoms with van der Waals surface area (Å²) in [5.41, 5.74) is 0.0212. The molecule has 0 aromatic heterocycles. The van der Waals surface area contributed by atoms with Crippen molar-refractivity contribution in [2.75, 3.05) is 19.9 Å². The third-order valence-electron chi connectivity index (χ3n) is 5.11. The van der Waals surface area contributed by atoms with Gasteiger partial charge in [0.05, 0.1) is 11.0 Å². The SMILES string of the molecule is CC(COC(=O)NC(C(=O)O)N1CCC[C@H]1C(=O)O)c1cc2c(cc1[N+](=O)[O-])OCO2. The molecule has 2 aliphatic heterocycles. The Kier molecular flexibility index (Phi) is 6.44. The van der Waals surface area contributed by atoms with Gasteiger partial charge in [0.2, 0.25) is 6.79 Å². The largest absolute Gasteiger partial charge is 0.480 e. The zero-order chi connectivity index (χ0) is 22.7. The molecule has 1 aromatic rings. The van der Waals surface area contributed by atoms with E-state index in [0.717, 1.165) is 4.90 Å². The van der Waals surface area contributed by atoms with Gasteiger partial charge in [0.25, 0.3) is 5.69 Å². The van der Waals surface area contributed by atoms with E-state index in [1.807, 2.05) is 0 Å². The second kappa shape index (κ2) is 9.04. The van der Waals surface area contributed by atoms with Crippen molar-refractivity contribution in [3.05, 3.63) is 27.8 Å². The summed E-state index contributed by atoms with van der Waals surface area (Å²) in [7, 11) is 0. The maximum Gasteiger partial charge on any atom is 0.408 e. The molecule has 0 spiro atoms. The number of rotatable bonds is 8. The van der Waals surface area contributed by atoms with Crippen LogP contribution >= 0.6 is 0 Å². The first-order valence-electron chi connectivity index (χ1n) is 9.41. The fourth-order valence-electron chi connectivity index (χ4n) is 3.59. The number of alkyl carbamates (subject to hydrolysis) is 1. The Bertz CT molecular complexity index is 905. The van der Waals surface area contributed by atoms with Crippen molar-refractivity contribution >= 4 is 23.7 Å². The van der Waals surface area contributed by atoms with Crippen LogP contribution in [0, 0.1) is 10.1 Å². The molecular weight excluding hydrogens is 418 g/mol. The molecule has 168 valence electrons. The zero-order valence-corrected chi connectivity index (χ0v) is 16.5. The third-order valence-corrected chi connectivity index (χ3v) is 5.11. The predicted octanol–water partition coefficient (Wildman–Crippen LogP) is 1.11. The third kappa shape index (κ3) is 4.77. The number of carboxylic acid groups (broad SMARTS) is 2. The Balaban J connectivity index is 1.65. The number of fused-ring (bicyclic) bond motifs is 1. The van der Waals surface area contributed by atoms with Crippen LogP contribution in [-0.2, 0) is 14.3 Å². The Labute approximate surface area is 175 Å². The molecule has 0 saturated carbocycles. The smallest absolute Gasteiger partial charge is 0.408 e. The lowest BCUT2D eigenvalue weighted by molar-refractivity contribution is -0.385. The zero-order valence-electron chi connectivity index (χ0n) is 16.5. The summed E-state index contributed by atoms with van der Waals surface area (Å²) in [6.45, 7) is 1.43. The number of carbonyl (C=O) groups is 3. The highest BCUT2D eigenvalue weighted by Crippen LogP contribution is 2.40. The van der Waals surface area contributed by atoms with Gasteiger partial charge in [0, 0.05) is 18.0 Å². The molecule has 2 aliphatic rings. The number of hydrogen-bond acceptors (Lipinski definition) is 9. The molecular formula is C18H21N3O10. The summed E-state index contributed by atoms with van der Waals surface area (Å²) in [5.74, 6) is -2.66. The molecule has 0 bridgehead atoms. The molecule has 0 aliphatic carbocycles. The monoisotopic (exact) mass is 439 g/mol. The van der Waals surface area contributed by atoms with Crippen LogP contribution in [0.5, 0.6) is 11.5 Å².